The summed E-state index contributed by atoms with van der Waals surface area (Å²) < 4.78 is 2.42. The summed E-state index contributed by atoms with van der Waals surface area (Å²) in [6, 6.07) is 9.31. The molecule has 3 heteroatoms. The van der Waals surface area contributed by atoms with Crippen LogP contribution in [0.5, 0.6) is 0 Å². The van der Waals surface area contributed by atoms with Crippen LogP contribution < -0.4 is 5.73 Å². The van der Waals surface area contributed by atoms with Gasteiger partial charge in [-0.05, 0) is 43.2 Å². The monoisotopic (exact) mass is 248 g/mol. The van der Waals surface area contributed by atoms with Gasteiger partial charge in [0.25, 0.3) is 0 Å². The molecular formula is C14H20N2S. The zero-order chi connectivity index (χ0) is 12.4. The van der Waals surface area contributed by atoms with Gasteiger partial charge in [0, 0.05) is 29.6 Å². The van der Waals surface area contributed by atoms with Crippen molar-refractivity contribution < 1.29 is 0 Å². The van der Waals surface area contributed by atoms with Crippen LogP contribution in [-0.4, -0.2) is 10.8 Å². The first-order valence-electron chi connectivity index (χ1n) is 5.99. The number of aromatic nitrogens is 1. The van der Waals surface area contributed by atoms with Crippen molar-refractivity contribution >= 4 is 22.7 Å². The van der Waals surface area contributed by atoms with Gasteiger partial charge >= 0.3 is 0 Å². The van der Waals surface area contributed by atoms with Gasteiger partial charge in [-0.25, -0.2) is 0 Å². The van der Waals surface area contributed by atoms with Crippen LogP contribution in [0.25, 0.3) is 10.9 Å². The molecule has 0 saturated heterocycles. The van der Waals surface area contributed by atoms with Crippen LogP contribution in [0.2, 0.25) is 0 Å². The molecular weight excluding hydrogens is 228 g/mol. The summed E-state index contributed by atoms with van der Waals surface area (Å²) in [5, 5.41) is 1.32. The van der Waals surface area contributed by atoms with Crippen LogP contribution in [0.3, 0.4) is 0 Å². The van der Waals surface area contributed by atoms with Crippen molar-refractivity contribution in [2.75, 3.05) is 6.26 Å². The van der Waals surface area contributed by atoms with Crippen molar-refractivity contribution in [3.63, 3.8) is 0 Å². The predicted molar refractivity (Wildman–Crippen MR) is 77.4 cm³/mol. The Morgan fingerprint density at radius 2 is 2.06 bits per heavy atom. The first-order valence-corrected chi connectivity index (χ1v) is 7.38. The molecule has 0 unspecified atom stereocenters. The Morgan fingerprint density at radius 3 is 2.65 bits per heavy atom. The average Bonchev–Trinajstić information content (AvgIpc) is 2.66. The highest BCUT2D eigenvalue weighted by Gasteiger charge is 2.11. The SMILES string of the molecule is CSCc1cc2ccc(CN)cc2n1C(C)C. The molecule has 0 amide bonds. The minimum Gasteiger partial charge on any atom is -0.341 e. The normalized spacial score (nSPS) is 11.6. The zero-order valence-corrected chi connectivity index (χ0v) is 11.6. The second-order valence-electron chi connectivity index (χ2n) is 4.63. The molecule has 2 rings (SSSR count). The van der Waals surface area contributed by atoms with Crippen molar-refractivity contribution in [2.24, 2.45) is 5.73 Å². The van der Waals surface area contributed by atoms with Crippen molar-refractivity contribution in [2.45, 2.75) is 32.2 Å². The van der Waals surface area contributed by atoms with Crippen molar-refractivity contribution in [3.8, 4) is 0 Å². The Morgan fingerprint density at radius 1 is 1.29 bits per heavy atom. The topological polar surface area (TPSA) is 30.9 Å². The molecule has 1 aromatic heterocycles. The maximum Gasteiger partial charge on any atom is 0.0488 e. The van der Waals surface area contributed by atoms with Gasteiger partial charge in [-0.2, -0.15) is 11.8 Å². The van der Waals surface area contributed by atoms with E-state index in [1.807, 2.05) is 11.8 Å². The fourth-order valence-corrected chi connectivity index (χ4v) is 2.84. The van der Waals surface area contributed by atoms with Crippen LogP contribution in [0, 0.1) is 0 Å². The highest BCUT2D eigenvalue weighted by molar-refractivity contribution is 7.97. The molecule has 1 aromatic carbocycles. The standard InChI is InChI=1S/C14H20N2S/c1-10(2)16-13(9-17-3)7-12-5-4-11(8-15)6-14(12)16/h4-7,10H,8-9,15H2,1-3H3. The highest BCUT2D eigenvalue weighted by Crippen LogP contribution is 2.27. The van der Waals surface area contributed by atoms with Crippen LogP contribution in [0.1, 0.15) is 31.1 Å². The molecule has 0 atom stereocenters. The maximum atomic E-state index is 5.72. The lowest BCUT2D eigenvalue weighted by atomic mass is 10.1. The van der Waals surface area contributed by atoms with Gasteiger partial charge in [0.2, 0.25) is 0 Å². The fourth-order valence-electron chi connectivity index (χ4n) is 2.32. The van der Waals surface area contributed by atoms with Crippen LogP contribution in [0.15, 0.2) is 24.3 Å². The molecule has 0 spiro atoms. The third-order valence-corrected chi connectivity index (χ3v) is 3.61. The Bertz CT molecular complexity index is 514. The van der Waals surface area contributed by atoms with E-state index >= 15 is 0 Å². The summed E-state index contributed by atoms with van der Waals surface area (Å²) in [7, 11) is 0. The minimum absolute atomic E-state index is 0.489. The number of hydrogen-bond donors (Lipinski definition) is 1. The van der Waals surface area contributed by atoms with Crippen molar-refractivity contribution in [3.05, 3.63) is 35.5 Å². The lowest BCUT2D eigenvalue weighted by Gasteiger charge is -2.14. The number of rotatable bonds is 4. The van der Waals surface area contributed by atoms with Gasteiger partial charge in [-0.3, -0.25) is 0 Å². The lowest BCUT2D eigenvalue weighted by molar-refractivity contribution is 0.606. The zero-order valence-electron chi connectivity index (χ0n) is 10.7. The van der Waals surface area contributed by atoms with Crippen LogP contribution in [0.4, 0.5) is 0 Å². The van der Waals surface area contributed by atoms with Gasteiger partial charge < -0.3 is 10.3 Å². The first kappa shape index (κ1) is 12.5. The number of fused-ring (bicyclic) bond motifs is 1. The molecule has 0 radical (unpaired) electrons. The van der Waals surface area contributed by atoms with Crippen molar-refractivity contribution in [1.82, 2.24) is 4.57 Å². The Labute approximate surface area is 107 Å². The third-order valence-electron chi connectivity index (χ3n) is 3.03. The summed E-state index contributed by atoms with van der Waals surface area (Å²) in [4.78, 5) is 0. The van der Waals surface area contributed by atoms with Gasteiger partial charge in [0.15, 0.2) is 0 Å². The summed E-state index contributed by atoms with van der Waals surface area (Å²) in [6.07, 6.45) is 2.15. The van der Waals surface area contributed by atoms with E-state index in [4.69, 9.17) is 5.73 Å². The molecule has 1 heterocycles. The predicted octanol–water partition coefficient (Wildman–Crippen LogP) is 3.54. The molecule has 0 bridgehead atoms. The van der Waals surface area contributed by atoms with E-state index in [2.05, 4.69) is 48.9 Å². The summed E-state index contributed by atoms with van der Waals surface area (Å²) >= 11 is 1.87. The van der Waals surface area contributed by atoms with Gasteiger partial charge in [0.05, 0.1) is 0 Å². The fraction of sp³-hybridized carbons (Fsp3) is 0.429. The number of hydrogen-bond acceptors (Lipinski definition) is 2. The largest absolute Gasteiger partial charge is 0.341 e. The van der Waals surface area contributed by atoms with E-state index in [0.717, 1.165) is 5.75 Å². The number of thioether (sulfide) groups is 1. The van der Waals surface area contributed by atoms with E-state index in [1.165, 1.54) is 22.2 Å². The summed E-state index contributed by atoms with van der Waals surface area (Å²) in [6.45, 7) is 5.08. The maximum absolute atomic E-state index is 5.72. The van der Waals surface area contributed by atoms with Crippen LogP contribution >= 0.6 is 11.8 Å². The average molecular weight is 248 g/mol. The van der Waals surface area contributed by atoms with E-state index in [0.29, 0.717) is 12.6 Å². The number of benzene rings is 1. The minimum atomic E-state index is 0.489. The van der Waals surface area contributed by atoms with E-state index in [1.54, 1.807) is 0 Å². The molecule has 0 fully saturated rings. The molecule has 0 aliphatic heterocycles. The van der Waals surface area contributed by atoms with Crippen molar-refractivity contribution in [1.29, 1.82) is 0 Å². The first-order chi connectivity index (χ1) is 8.17. The molecule has 0 saturated carbocycles. The Balaban J connectivity index is 2.63. The van der Waals surface area contributed by atoms with Gasteiger partial charge in [-0.15, -0.1) is 0 Å². The highest BCUT2D eigenvalue weighted by atomic mass is 32.2. The molecule has 2 N–H and O–H groups in total. The van der Waals surface area contributed by atoms with E-state index in [9.17, 15) is 0 Å². The molecule has 0 aliphatic rings. The van der Waals surface area contributed by atoms with E-state index < -0.39 is 0 Å². The lowest BCUT2D eigenvalue weighted by Crippen LogP contribution is -2.05. The Kier molecular flexibility index (Phi) is 3.79. The number of nitrogens with zero attached hydrogens (tertiary/aromatic N) is 1. The van der Waals surface area contributed by atoms with Gasteiger partial charge in [-0.1, -0.05) is 12.1 Å². The molecule has 2 nitrogen and oxygen atoms in total. The molecule has 92 valence electrons. The number of nitrogens with two attached hydrogens (primary N) is 1. The quantitative estimate of drug-likeness (QED) is 0.897. The second kappa shape index (κ2) is 5.15. The summed E-state index contributed by atoms with van der Waals surface area (Å²) in [5.41, 5.74) is 9.63. The van der Waals surface area contributed by atoms with Crippen LogP contribution in [-0.2, 0) is 12.3 Å². The molecule has 17 heavy (non-hydrogen) atoms. The second-order valence-corrected chi connectivity index (χ2v) is 5.50. The molecule has 2 aromatic rings. The van der Waals surface area contributed by atoms with E-state index in [-0.39, 0.29) is 0 Å². The summed E-state index contributed by atoms with van der Waals surface area (Å²) in [5.74, 6) is 1.06. The molecule has 0 aliphatic carbocycles. The van der Waals surface area contributed by atoms with Gasteiger partial charge in [0.1, 0.15) is 0 Å². The Hall–Kier alpha value is -0.930. The smallest absolute Gasteiger partial charge is 0.0488 e. The third kappa shape index (κ3) is 2.35.